The van der Waals surface area contributed by atoms with Crippen LogP contribution in [-0.4, -0.2) is 45.1 Å². The van der Waals surface area contributed by atoms with Gasteiger partial charge in [-0.25, -0.2) is 4.98 Å². The minimum absolute atomic E-state index is 0.0630. The highest BCUT2D eigenvalue weighted by Crippen LogP contribution is 2.20. The Morgan fingerprint density at radius 3 is 2.58 bits per heavy atom. The number of hydrogen-bond donors (Lipinski definition) is 3. The van der Waals surface area contributed by atoms with Gasteiger partial charge in [0.2, 0.25) is 5.91 Å². The van der Waals surface area contributed by atoms with Crippen molar-refractivity contribution >= 4 is 17.4 Å². The second-order valence-corrected chi connectivity index (χ2v) is 9.34. The summed E-state index contributed by atoms with van der Waals surface area (Å²) in [6, 6.07) is 14.8. The summed E-state index contributed by atoms with van der Waals surface area (Å²) in [6.07, 6.45) is 4.12. The van der Waals surface area contributed by atoms with Gasteiger partial charge < -0.3 is 25.6 Å². The van der Waals surface area contributed by atoms with Crippen molar-refractivity contribution in [2.45, 2.75) is 64.3 Å². The molecule has 9 heteroatoms. The van der Waals surface area contributed by atoms with Crippen LogP contribution in [0.1, 0.15) is 62.7 Å². The maximum atomic E-state index is 12.8. The first kappa shape index (κ1) is 27.3. The van der Waals surface area contributed by atoms with Crippen molar-refractivity contribution in [1.29, 1.82) is 0 Å². The van der Waals surface area contributed by atoms with Crippen molar-refractivity contribution in [2.75, 3.05) is 13.2 Å². The summed E-state index contributed by atoms with van der Waals surface area (Å²) in [5, 5.41) is 11.8. The fourth-order valence-electron chi connectivity index (χ4n) is 3.68. The monoisotopic (exact) mass is 496 g/mol. The van der Waals surface area contributed by atoms with Crippen molar-refractivity contribution in [1.82, 2.24) is 14.7 Å². The number of benzene rings is 1. The maximum absolute atomic E-state index is 12.8. The zero-order valence-corrected chi connectivity index (χ0v) is 21.0. The molecule has 3 rings (SSSR count). The third-order valence-electron chi connectivity index (χ3n) is 5.68. The smallest absolute Gasteiger partial charge is 0.306 e. The Balaban J connectivity index is 1.78. The fourth-order valence-corrected chi connectivity index (χ4v) is 3.68. The van der Waals surface area contributed by atoms with Gasteiger partial charge in [-0.3, -0.25) is 14.0 Å². The Kier molecular flexibility index (Phi) is 9.98. The molecule has 2 aromatic heterocycles. The first-order chi connectivity index (χ1) is 17.3. The number of amides is 1. The Labute approximate surface area is 211 Å². The van der Waals surface area contributed by atoms with Crippen LogP contribution in [0.15, 0.2) is 54.7 Å². The minimum atomic E-state index is -1.08. The normalized spacial score (nSPS) is 12.4. The average molecular weight is 497 g/mol. The van der Waals surface area contributed by atoms with Gasteiger partial charge in [-0.15, -0.1) is 0 Å². The number of aliphatic hydroxyl groups excluding tert-OH is 1. The maximum Gasteiger partial charge on any atom is 0.306 e. The molecule has 0 fully saturated rings. The van der Waals surface area contributed by atoms with Crippen LogP contribution >= 0.6 is 0 Å². The van der Waals surface area contributed by atoms with E-state index >= 15 is 0 Å². The van der Waals surface area contributed by atoms with E-state index in [0.717, 1.165) is 23.2 Å². The van der Waals surface area contributed by atoms with Gasteiger partial charge in [-0.2, -0.15) is 0 Å². The lowest BCUT2D eigenvalue weighted by molar-refractivity contribution is -0.145. The number of pyridine rings is 1. The molecule has 1 amide bonds. The molecule has 0 radical (unpaired) electrons. The largest absolute Gasteiger partial charge is 0.459 e. The van der Waals surface area contributed by atoms with Crippen molar-refractivity contribution in [2.24, 2.45) is 5.73 Å². The molecule has 0 saturated carbocycles. The van der Waals surface area contributed by atoms with Gasteiger partial charge in [0.25, 0.3) is 0 Å². The number of esters is 1. The Morgan fingerprint density at radius 2 is 1.86 bits per heavy atom. The van der Waals surface area contributed by atoms with Crippen LogP contribution in [0, 0.1) is 0 Å². The minimum Gasteiger partial charge on any atom is -0.459 e. The van der Waals surface area contributed by atoms with Crippen LogP contribution in [0.5, 0.6) is 0 Å². The fraction of sp³-hybridized carbons (Fsp3) is 0.444. The topological polar surface area (TPSA) is 128 Å². The number of unbranched alkanes of at least 4 members (excludes halogenated alkanes) is 2. The number of hydrogen-bond acceptors (Lipinski definition) is 7. The average Bonchev–Trinajstić information content (AvgIpc) is 3.29. The van der Waals surface area contributed by atoms with E-state index in [0.29, 0.717) is 31.7 Å². The van der Waals surface area contributed by atoms with E-state index in [1.54, 1.807) is 20.0 Å². The Morgan fingerprint density at radius 1 is 1.08 bits per heavy atom. The zero-order valence-electron chi connectivity index (χ0n) is 21.0. The second-order valence-electron chi connectivity index (χ2n) is 9.34. The number of ether oxygens (including phenoxy) is 2. The molecule has 0 saturated heterocycles. The summed E-state index contributed by atoms with van der Waals surface area (Å²) >= 11 is 0. The summed E-state index contributed by atoms with van der Waals surface area (Å²) in [5.74, 6) is -0.0721. The van der Waals surface area contributed by atoms with Crippen molar-refractivity contribution in [3.05, 3.63) is 71.8 Å². The van der Waals surface area contributed by atoms with E-state index in [2.05, 4.69) is 10.3 Å². The van der Waals surface area contributed by atoms with Crippen LogP contribution in [0.4, 0.5) is 0 Å². The summed E-state index contributed by atoms with van der Waals surface area (Å²) in [7, 11) is 0. The molecule has 1 unspecified atom stereocenters. The van der Waals surface area contributed by atoms with Crippen molar-refractivity contribution < 1.29 is 24.2 Å². The molecule has 4 N–H and O–H groups in total. The van der Waals surface area contributed by atoms with Crippen LogP contribution in [0.25, 0.3) is 5.52 Å². The molecular formula is C27H36N4O5. The third-order valence-corrected chi connectivity index (χ3v) is 5.68. The number of aliphatic hydroxyl groups is 1. The lowest BCUT2D eigenvalue weighted by Gasteiger charge is -2.24. The van der Waals surface area contributed by atoms with E-state index in [1.165, 1.54) is 0 Å². The van der Waals surface area contributed by atoms with E-state index in [1.807, 2.05) is 52.9 Å². The molecule has 0 aliphatic heterocycles. The number of aromatic nitrogens is 2. The second kappa shape index (κ2) is 13.2. The third kappa shape index (κ3) is 7.87. The highest BCUT2D eigenvalue weighted by molar-refractivity contribution is 5.85. The molecule has 2 heterocycles. The molecule has 1 atom stereocenters. The summed E-state index contributed by atoms with van der Waals surface area (Å²) in [6.45, 7) is 4.01. The van der Waals surface area contributed by atoms with Crippen LogP contribution in [0.2, 0.25) is 0 Å². The van der Waals surface area contributed by atoms with E-state index in [4.69, 9.17) is 20.3 Å². The first-order valence-electron chi connectivity index (χ1n) is 12.2. The Hall–Kier alpha value is -3.27. The molecule has 36 heavy (non-hydrogen) atoms. The first-order valence-corrected chi connectivity index (χ1v) is 12.2. The van der Waals surface area contributed by atoms with Gasteiger partial charge >= 0.3 is 5.97 Å². The molecular weight excluding hydrogens is 460 g/mol. The number of carbonyl (C=O) groups is 2. The molecule has 0 aliphatic rings. The van der Waals surface area contributed by atoms with Gasteiger partial charge in [0.1, 0.15) is 18.5 Å². The van der Waals surface area contributed by atoms with Crippen molar-refractivity contribution in [3.63, 3.8) is 0 Å². The van der Waals surface area contributed by atoms with E-state index in [-0.39, 0.29) is 31.7 Å². The van der Waals surface area contributed by atoms with Gasteiger partial charge in [0.15, 0.2) is 0 Å². The lowest BCUT2D eigenvalue weighted by Crippen LogP contribution is -2.51. The number of nitrogens with two attached hydrogens (primary N) is 1. The van der Waals surface area contributed by atoms with Gasteiger partial charge in [0, 0.05) is 13.0 Å². The van der Waals surface area contributed by atoms with E-state index < -0.39 is 11.6 Å². The molecule has 1 aromatic carbocycles. The summed E-state index contributed by atoms with van der Waals surface area (Å²) in [5.41, 5.74) is 7.48. The van der Waals surface area contributed by atoms with Crippen LogP contribution in [-0.2, 0) is 32.3 Å². The number of imidazole rings is 1. The zero-order chi connectivity index (χ0) is 26.0. The number of fused-ring (bicyclic) bond motifs is 1. The molecule has 0 spiro atoms. The highest BCUT2D eigenvalue weighted by Gasteiger charge is 2.28. The van der Waals surface area contributed by atoms with Crippen molar-refractivity contribution in [3.8, 4) is 0 Å². The number of rotatable bonds is 14. The summed E-state index contributed by atoms with van der Waals surface area (Å²) < 4.78 is 13.3. The molecule has 3 aromatic rings. The van der Waals surface area contributed by atoms with Gasteiger partial charge in [-0.05, 0) is 44.4 Å². The number of nitrogens with zero attached hydrogens (tertiary/aromatic N) is 2. The lowest BCUT2D eigenvalue weighted by atomic mass is 10.1. The SMILES string of the molecule is CC(C)(N)C(=O)NC(COCc1ccccc1)c1ncc2cccc(COC(=O)CCCCCO)n12. The molecule has 0 bridgehead atoms. The molecule has 9 nitrogen and oxygen atoms in total. The van der Waals surface area contributed by atoms with Crippen LogP contribution in [0.3, 0.4) is 0 Å². The van der Waals surface area contributed by atoms with E-state index in [9.17, 15) is 9.59 Å². The number of carbonyl (C=O) groups excluding carboxylic acids is 2. The van der Waals surface area contributed by atoms with Gasteiger partial charge in [-0.1, -0.05) is 42.8 Å². The quantitative estimate of drug-likeness (QED) is 0.231. The highest BCUT2D eigenvalue weighted by atomic mass is 16.5. The standard InChI is InChI=1S/C27H36N4O5/c1-27(2,28)26(34)30-23(19-35-17-20-10-5-3-6-11-20)25-29-16-21-12-9-13-22(31(21)25)18-36-24(33)14-7-4-8-15-32/h3,5-6,9-13,16,23,32H,4,7-8,14-15,17-19,28H2,1-2H3,(H,30,34). The van der Waals surface area contributed by atoms with Gasteiger partial charge in [0.05, 0.1) is 36.2 Å². The Bertz CT molecular complexity index is 1120. The van der Waals surface area contributed by atoms with Crippen LogP contribution < -0.4 is 11.1 Å². The number of nitrogens with one attached hydrogen (secondary N) is 1. The summed E-state index contributed by atoms with van der Waals surface area (Å²) in [4.78, 5) is 29.6. The predicted octanol–water partition coefficient (Wildman–Crippen LogP) is 3.04. The molecule has 194 valence electrons. The molecule has 0 aliphatic carbocycles. The predicted molar refractivity (Wildman–Crippen MR) is 136 cm³/mol.